The summed E-state index contributed by atoms with van der Waals surface area (Å²) < 4.78 is 18.1. The van der Waals surface area contributed by atoms with Gasteiger partial charge in [0.1, 0.15) is 22.9 Å². The van der Waals surface area contributed by atoms with Crippen molar-refractivity contribution in [3.05, 3.63) is 107 Å². The van der Waals surface area contributed by atoms with E-state index in [1.807, 2.05) is 0 Å². The molecule has 3 aromatic heterocycles. The topological polar surface area (TPSA) is 122 Å². The minimum Gasteiger partial charge on any atom is -0.493 e. The van der Waals surface area contributed by atoms with Gasteiger partial charge >= 0.3 is 0 Å². The molecule has 0 spiro atoms. The largest absolute Gasteiger partial charge is 0.493 e. The molecule has 40 heavy (non-hydrogen) atoms. The van der Waals surface area contributed by atoms with Crippen LogP contribution in [0.1, 0.15) is 27.6 Å². The number of nitrogens with zero attached hydrogens (tertiary/aromatic N) is 3. The number of ether oxygens (including phenoxy) is 3. The number of para-hydroxylation sites is 1. The van der Waals surface area contributed by atoms with Crippen LogP contribution in [0.15, 0.2) is 90.1 Å². The average molecular weight is 537 g/mol. The van der Waals surface area contributed by atoms with E-state index in [1.54, 1.807) is 81.1 Å². The number of hydrogen-bond acceptors (Lipinski definition) is 8. The van der Waals surface area contributed by atoms with Gasteiger partial charge in [0.25, 0.3) is 11.5 Å². The van der Waals surface area contributed by atoms with Crippen LogP contribution in [-0.4, -0.2) is 40.4 Å². The summed E-state index contributed by atoms with van der Waals surface area (Å²) in [5, 5.41) is 3.33. The minimum atomic E-state index is -0.694. The van der Waals surface area contributed by atoms with Crippen LogP contribution in [0.25, 0.3) is 16.6 Å². The third-order valence-electron chi connectivity index (χ3n) is 6.12. The Balaban J connectivity index is 1.39. The quantitative estimate of drug-likeness (QED) is 0.274. The zero-order chi connectivity index (χ0) is 28.2. The summed E-state index contributed by atoms with van der Waals surface area (Å²) in [4.78, 5) is 47.0. The standard InChI is InChI=1S/C30H24N4O6/c1-18(35)19-13-23(30(37)34(17-19)20-7-5-4-6-8-20)29(36)33-28-10-9-21(16-32-28)40-25-11-12-31-24-15-27(39-3)26(38-2)14-22(24)25/h4-17H,1-3H3,(H,32,33,36). The molecule has 200 valence electrons. The number of rotatable bonds is 8. The zero-order valence-corrected chi connectivity index (χ0v) is 21.9. The highest BCUT2D eigenvalue weighted by Gasteiger charge is 2.18. The summed E-state index contributed by atoms with van der Waals surface area (Å²) in [7, 11) is 3.10. The lowest BCUT2D eigenvalue weighted by Crippen LogP contribution is -2.29. The van der Waals surface area contributed by atoms with E-state index in [1.165, 1.54) is 30.0 Å². The highest BCUT2D eigenvalue weighted by Crippen LogP contribution is 2.36. The Hall–Kier alpha value is -5.51. The van der Waals surface area contributed by atoms with Crippen molar-refractivity contribution < 1.29 is 23.8 Å². The summed E-state index contributed by atoms with van der Waals surface area (Å²) >= 11 is 0. The molecule has 0 aliphatic carbocycles. The normalized spacial score (nSPS) is 10.7. The second-order valence-electron chi connectivity index (χ2n) is 8.68. The number of amides is 1. The molecular weight excluding hydrogens is 512 g/mol. The monoisotopic (exact) mass is 536 g/mol. The molecule has 3 heterocycles. The maximum Gasteiger partial charge on any atom is 0.267 e. The van der Waals surface area contributed by atoms with E-state index < -0.39 is 11.5 Å². The fourth-order valence-electron chi connectivity index (χ4n) is 4.08. The lowest BCUT2D eigenvalue weighted by atomic mass is 10.1. The number of pyridine rings is 3. The summed E-state index contributed by atoms with van der Waals surface area (Å²) in [6.07, 6.45) is 4.48. The molecule has 10 heteroatoms. The molecule has 2 aromatic carbocycles. The van der Waals surface area contributed by atoms with Gasteiger partial charge in [-0.15, -0.1) is 0 Å². The van der Waals surface area contributed by atoms with E-state index in [0.717, 1.165) is 0 Å². The maximum absolute atomic E-state index is 13.2. The molecule has 5 aromatic rings. The molecule has 1 N–H and O–H groups in total. The number of carbonyl (C=O) groups excluding carboxylic acids is 2. The van der Waals surface area contributed by atoms with Gasteiger partial charge in [0.15, 0.2) is 17.3 Å². The number of fused-ring (bicyclic) bond motifs is 1. The van der Waals surface area contributed by atoms with Gasteiger partial charge in [-0.05, 0) is 49.4 Å². The van der Waals surface area contributed by atoms with Crippen LogP contribution in [0.4, 0.5) is 5.82 Å². The number of benzene rings is 2. The van der Waals surface area contributed by atoms with Gasteiger partial charge in [-0.2, -0.15) is 0 Å². The molecular formula is C30H24N4O6. The maximum atomic E-state index is 13.2. The summed E-state index contributed by atoms with van der Waals surface area (Å²) in [6, 6.07) is 18.5. The number of hydrogen-bond donors (Lipinski definition) is 1. The Morgan fingerprint density at radius 3 is 2.30 bits per heavy atom. The first kappa shape index (κ1) is 26.1. The number of ketones is 1. The smallest absolute Gasteiger partial charge is 0.267 e. The average Bonchev–Trinajstić information content (AvgIpc) is 2.98. The third kappa shape index (κ3) is 5.23. The van der Waals surface area contributed by atoms with Crippen LogP contribution in [0.3, 0.4) is 0 Å². The van der Waals surface area contributed by atoms with Crippen molar-refractivity contribution in [1.82, 2.24) is 14.5 Å². The van der Waals surface area contributed by atoms with Crippen LogP contribution in [0, 0.1) is 0 Å². The molecule has 1 amide bonds. The number of nitrogens with one attached hydrogen (secondary N) is 1. The highest BCUT2D eigenvalue weighted by molar-refractivity contribution is 6.05. The Morgan fingerprint density at radius 1 is 0.875 bits per heavy atom. The van der Waals surface area contributed by atoms with E-state index in [0.29, 0.717) is 39.6 Å². The van der Waals surface area contributed by atoms with Crippen LogP contribution in [0.5, 0.6) is 23.0 Å². The number of Topliss-reactive ketones (excluding diaryl/α,β-unsaturated/α-hetero) is 1. The van der Waals surface area contributed by atoms with Crippen molar-refractivity contribution in [2.24, 2.45) is 0 Å². The molecule has 0 radical (unpaired) electrons. The predicted molar refractivity (Wildman–Crippen MR) is 149 cm³/mol. The molecule has 0 atom stereocenters. The van der Waals surface area contributed by atoms with Crippen molar-refractivity contribution in [2.75, 3.05) is 19.5 Å². The van der Waals surface area contributed by atoms with Gasteiger partial charge in [0, 0.05) is 35.1 Å². The Morgan fingerprint density at radius 2 is 1.62 bits per heavy atom. The number of carbonyl (C=O) groups is 2. The van der Waals surface area contributed by atoms with E-state index in [2.05, 4.69) is 15.3 Å². The van der Waals surface area contributed by atoms with E-state index in [-0.39, 0.29) is 22.7 Å². The predicted octanol–water partition coefficient (Wildman–Crippen LogP) is 5.05. The summed E-state index contributed by atoms with van der Waals surface area (Å²) in [5.74, 6) is 1.23. The molecule has 0 saturated carbocycles. The Kier molecular flexibility index (Phi) is 7.23. The Bertz CT molecular complexity index is 1780. The molecule has 10 nitrogen and oxygen atoms in total. The van der Waals surface area contributed by atoms with Gasteiger partial charge < -0.3 is 19.5 Å². The van der Waals surface area contributed by atoms with Crippen LogP contribution < -0.4 is 25.1 Å². The fraction of sp³-hybridized carbons (Fsp3) is 0.100. The van der Waals surface area contributed by atoms with E-state index in [9.17, 15) is 14.4 Å². The lowest BCUT2D eigenvalue weighted by molar-refractivity contribution is 0.101. The first-order valence-corrected chi connectivity index (χ1v) is 12.2. The highest BCUT2D eigenvalue weighted by atomic mass is 16.5. The first-order chi connectivity index (χ1) is 19.4. The van der Waals surface area contributed by atoms with E-state index >= 15 is 0 Å². The SMILES string of the molecule is COc1cc2nccc(Oc3ccc(NC(=O)c4cc(C(C)=O)cn(-c5ccccc5)c4=O)nc3)c2cc1OC. The lowest BCUT2D eigenvalue weighted by Gasteiger charge is -2.13. The van der Waals surface area contributed by atoms with Crippen molar-refractivity contribution in [2.45, 2.75) is 6.92 Å². The first-order valence-electron chi connectivity index (χ1n) is 12.2. The van der Waals surface area contributed by atoms with Crippen molar-refractivity contribution in [3.63, 3.8) is 0 Å². The minimum absolute atomic E-state index is 0.189. The number of anilines is 1. The van der Waals surface area contributed by atoms with Gasteiger partial charge in [0.2, 0.25) is 0 Å². The van der Waals surface area contributed by atoms with Crippen LogP contribution in [0.2, 0.25) is 0 Å². The van der Waals surface area contributed by atoms with Gasteiger partial charge in [-0.25, -0.2) is 4.98 Å². The second-order valence-corrected chi connectivity index (χ2v) is 8.68. The summed E-state index contributed by atoms with van der Waals surface area (Å²) in [5.41, 5.74) is 0.658. The zero-order valence-electron chi connectivity index (χ0n) is 21.9. The third-order valence-corrected chi connectivity index (χ3v) is 6.12. The van der Waals surface area contributed by atoms with Gasteiger partial charge in [-0.1, -0.05) is 18.2 Å². The van der Waals surface area contributed by atoms with Crippen molar-refractivity contribution in [1.29, 1.82) is 0 Å². The van der Waals surface area contributed by atoms with E-state index in [4.69, 9.17) is 14.2 Å². The molecule has 0 aliphatic rings. The number of aromatic nitrogens is 3. The van der Waals surface area contributed by atoms with Crippen LogP contribution >= 0.6 is 0 Å². The molecule has 0 unspecified atom stereocenters. The van der Waals surface area contributed by atoms with Crippen molar-refractivity contribution in [3.8, 4) is 28.7 Å². The Labute approximate surface area is 228 Å². The molecule has 0 saturated heterocycles. The molecule has 0 bridgehead atoms. The van der Waals surface area contributed by atoms with Gasteiger partial charge in [-0.3, -0.25) is 23.9 Å². The van der Waals surface area contributed by atoms with Gasteiger partial charge in [0.05, 0.1) is 25.9 Å². The molecule has 5 rings (SSSR count). The molecule has 0 aliphatic heterocycles. The molecule has 0 fully saturated rings. The summed E-state index contributed by atoms with van der Waals surface area (Å²) in [6.45, 7) is 1.37. The van der Waals surface area contributed by atoms with Crippen LogP contribution in [-0.2, 0) is 0 Å². The van der Waals surface area contributed by atoms with Crippen molar-refractivity contribution >= 4 is 28.4 Å². The number of methoxy groups -OCH3 is 2. The fourth-order valence-corrected chi connectivity index (χ4v) is 4.08. The second kappa shape index (κ2) is 11.1.